The highest BCUT2D eigenvalue weighted by Crippen LogP contribution is 2.44. The van der Waals surface area contributed by atoms with Crippen LogP contribution in [0.1, 0.15) is 31.2 Å². The molecule has 1 unspecified atom stereocenters. The van der Waals surface area contributed by atoms with Gasteiger partial charge in [-0.2, -0.15) is 0 Å². The van der Waals surface area contributed by atoms with Gasteiger partial charge in [-0.05, 0) is 24.8 Å². The second kappa shape index (κ2) is 4.88. The maximum Gasteiger partial charge on any atom is 0.230 e. The van der Waals surface area contributed by atoms with Gasteiger partial charge in [-0.25, -0.2) is 8.42 Å². The fourth-order valence-electron chi connectivity index (χ4n) is 3.17. The first kappa shape index (κ1) is 13.6. The fraction of sp³-hybridized carbons (Fsp3) is 0.533. The van der Waals surface area contributed by atoms with Gasteiger partial charge in [0, 0.05) is 6.04 Å². The van der Waals surface area contributed by atoms with E-state index in [-0.39, 0.29) is 23.5 Å². The topological polar surface area (TPSA) is 63.2 Å². The van der Waals surface area contributed by atoms with Crippen molar-refractivity contribution < 1.29 is 13.2 Å². The quantitative estimate of drug-likeness (QED) is 0.916. The average molecular weight is 293 g/mol. The lowest BCUT2D eigenvalue weighted by Crippen LogP contribution is -2.52. The predicted molar refractivity (Wildman–Crippen MR) is 77.2 cm³/mol. The first-order valence-corrected chi connectivity index (χ1v) is 8.91. The molecule has 1 amide bonds. The van der Waals surface area contributed by atoms with Crippen LogP contribution < -0.4 is 5.32 Å². The highest BCUT2D eigenvalue weighted by molar-refractivity contribution is 7.91. The molecule has 5 heteroatoms. The van der Waals surface area contributed by atoms with Crippen LogP contribution >= 0.6 is 0 Å². The van der Waals surface area contributed by atoms with Gasteiger partial charge in [-0.1, -0.05) is 36.8 Å². The molecular formula is C15H19NO3S. The molecule has 1 aromatic rings. The normalized spacial score (nSPS) is 26.7. The summed E-state index contributed by atoms with van der Waals surface area (Å²) >= 11 is 0. The van der Waals surface area contributed by atoms with Gasteiger partial charge >= 0.3 is 0 Å². The Kier molecular flexibility index (Phi) is 3.32. The van der Waals surface area contributed by atoms with Crippen LogP contribution in [0.5, 0.6) is 0 Å². The molecule has 1 aliphatic heterocycles. The molecule has 1 heterocycles. The van der Waals surface area contributed by atoms with E-state index in [1.165, 1.54) is 0 Å². The Labute approximate surface area is 119 Å². The first-order chi connectivity index (χ1) is 9.52. The number of carbonyl (C=O) groups excluding carboxylic acids is 1. The molecule has 1 aliphatic carbocycles. The molecule has 0 bridgehead atoms. The summed E-state index contributed by atoms with van der Waals surface area (Å²) in [6.07, 6.45) is 3.29. The molecule has 20 heavy (non-hydrogen) atoms. The van der Waals surface area contributed by atoms with E-state index >= 15 is 0 Å². The standard InChI is InChI=1S/C15H19NO3S/c17-14(16-13-7-10-20(18,19)11-13)15(8-4-9-15)12-5-2-1-3-6-12/h1-3,5-6,13H,4,7-11H2,(H,16,17). The molecule has 2 aliphatic rings. The van der Waals surface area contributed by atoms with Gasteiger partial charge in [0.1, 0.15) is 0 Å². The number of nitrogens with one attached hydrogen (secondary N) is 1. The summed E-state index contributed by atoms with van der Waals surface area (Å²) in [5, 5.41) is 2.96. The molecule has 0 spiro atoms. The molecule has 0 aromatic heterocycles. The molecule has 1 atom stereocenters. The van der Waals surface area contributed by atoms with Gasteiger partial charge in [-0.15, -0.1) is 0 Å². The van der Waals surface area contributed by atoms with Crippen molar-refractivity contribution in [3.8, 4) is 0 Å². The molecule has 0 radical (unpaired) electrons. The number of amides is 1. The lowest BCUT2D eigenvalue weighted by atomic mass is 9.63. The van der Waals surface area contributed by atoms with Crippen molar-refractivity contribution in [1.29, 1.82) is 0 Å². The second-order valence-electron chi connectivity index (χ2n) is 5.88. The Balaban J connectivity index is 1.76. The molecule has 2 fully saturated rings. The summed E-state index contributed by atoms with van der Waals surface area (Å²) in [6, 6.07) is 9.60. The summed E-state index contributed by atoms with van der Waals surface area (Å²) in [6.45, 7) is 0. The molecule has 1 saturated carbocycles. The number of benzene rings is 1. The average Bonchev–Trinajstić information content (AvgIpc) is 2.68. The van der Waals surface area contributed by atoms with Crippen molar-refractivity contribution in [1.82, 2.24) is 5.32 Å². The molecule has 1 N–H and O–H groups in total. The Morgan fingerprint density at radius 2 is 1.90 bits per heavy atom. The van der Waals surface area contributed by atoms with E-state index in [9.17, 15) is 13.2 Å². The molecule has 1 aromatic carbocycles. The fourth-order valence-corrected chi connectivity index (χ4v) is 4.84. The van der Waals surface area contributed by atoms with Crippen LogP contribution in [0, 0.1) is 0 Å². The van der Waals surface area contributed by atoms with Crippen LogP contribution in [0.3, 0.4) is 0 Å². The monoisotopic (exact) mass is 293 g/mol. The Morgan fingerprint density at radius 3 is 2.40 bits per heavy atom. The zero-order chi connectivity index (χ0) is 14.2. The van der Waals surface area contributed by atoms with Crippen molar-refractivity contribution in [2.24, 2.45) is 0 Å². The highest BCUT2D eigenvalue weighted by atomic mass is 32.2. The van der Waals surface area contributed by atoms with Crippen LogP contribution in [0.4, 0.5) is 0 Å². The third kappa shape index (κ3) is 2.35. The van der Waals surface area contributed by atoms with Crippen LogP contribution in [-0.2, 0) is 20.0 Å². The summed E-state index contributed by atoms with van der Waals surface area (Å²) in [7, 11) is -2.95. The predicted octanol–water partition coefficient (Wildman–Crippen LogP) is 1.41. The summed E-state index contributed by atoms with van der Waals surface area (Å²) < 4.78 is 22.9. The molecule has 4 nitrogen and oxygen atoms in total. The minimum absolute atomic E-state index is 0.00273. The third-order valence-corrected chi connectivity index (χ3v) is 6.30. The smallest absolute Gasteiger partial charge is 0.230 e. The minimum atomic E-state index is -2.95. The van der Waals surface area contributed by atoms with Crippen molar-refractivity contribution in [3.63, 3.8) is 0 Å². The van der Waals surface area contributed by atoms with Crippen LogP contribution in [0.25, 0.3) is 0 Å². The number of sulfone groups is 1. The lowest BCUT2D eigenvalue weighted by molar-refractivity contribution is -0.130. The summed E-state index contributed by atoms with van der Waals surface area (Å²) in [4.78, 5) is 12.6. The van der Waals surface area contributed by atoms with E-state index in [1.807, 2.05) is 30.3 Å². The molecule has 3 rings (SSSR count). The molecule has 1 saturated heterocycles. The largest absolute Gasteiger partial charge is 0.352 e. The van der Waals surface area contributed by atoms with Gasteiger partial charge in [0.05, 0.1) is 16.9 Å². The Bertz CT molecular complexity index is 605. The van der Waals surface area contributed by atoms with Crippen molar-refractivity contribution >= 4 is 15.7 Å². The summed E-state index contributed by atoms with van der Waals surface area (Å²) in [5.74, 6) is 0.275. The Hall–Kier alpha value is -1.36. The van der Waals surface area contributed by atoms with E-state index in [2.05, 4.69) is 5.32 Å². The molecule has 108 valence electrons. The van der Waals surface area contributed by atoms with E-state index < -0.39 is 15.3 Å². The minimum Gasteiger partial charge on any atom is -0.352 e. The van der Waals surface area contributed by atoms with Crippen LogP contribution in [0.2, 0.25) is 0 Å². The van der Waals surface area contributed by atoms with Gasteiger partial charge in [0.25, 0.3) is 0 Å². The van der Waals surface area contributed by atoms with E-state index in [0.29, 0.717) is 6.42 Å². The number of hydrogen-bond acceptors (Lipinski definition) is 3. The maximum atomic E-state index is 12.6. The first-order valence-electron chi connectivity index (χ1n) is 7.09. The lowest BCUT2D eigenvalue weighted by Gasteiger charge is -2.41. The number of rotatable bonds is 3. The van der Waals surface area contributed by atoms with Crippen LogP contribution in [-0.4, -0.2) is 31.9 Å². The highest BCUT2D eigenvalue weighted by Gasteiger charge is 2.46. The SMILES string of the molecule is O=C(NC1CCS(=O)(=O)C1)C1(c2ccccc2)CCC1. The van der Waals surface area contributed by atoms with Gasteiger partial charge < -0.3 is 5.32 Å². The van der Waals surface area contributed by atoms with Gasteiger partial charge in [0.2, 0.25) is 5.91 Å². The maximum absolute atomic E-state index is 12.6. The summed E-state index contributed by atoms with van der Waals surface area (Å²) in [5.41, 5.74) is 0.609. The van der Waals surface area contributed by atoms with Crippen molar-refractivity contribution in [2.75, 3.05) is 11.5 Å². The van der Waals surface area contributed by atoms with E-state index in [0.717, 1.165) is 24.8 Å². The van der Waals surface area contributed by atoms with Crippen molar-refractivity contribution in [2.45, 2.75) is 37.1 Å². The second-order valence-corrected chi connectivity index (χ2v) is 8.10. The third-order valence-electron chi connectivity index (χ3n) is 4.54. The Morgan fingerprint density at radius 1 is 1.20 bits per heavy atom. The number of carbonyl (C=O) groups is 1. The zero-order valence-corrected chi connectivity index (χ0v) is 12.2. The molecular weight excluding hydrogens is 274 g/mol. The van der Waals surface area contributed by atoms with Crippen LogP contribution in [0.15, 0.2) is 30.3 Å². The number of hydrogen-bond donors (Lipinski definition) is 1. The van der Waals surface area contributed by atoms with Gasteiger partial charge in [0.15, 0.2) is 9.84 Å². The van der Waals surface area contributed by atoms with E-state index in [4.69, 9.17) is 0 Å². The van der Waals surface area contributed by atoms with E-state index in [1.54, 1.807) is 0 Å². The van der Waals surface area contributed by atoms with Gasteiger partial charge in [-0.3, -0.25) is 4.79 Å². The van der Waals surface area contributed by atoms with Crippen molar-refractivity contribution in [3.05, 3.63) is 35.9 Å². The zero-order valence-electron chi connectivity index (χ0n) is 11.3.